The Morgan fingerprint density at radius 3 is 1.67 bits per heavy atom. The molecule has 0 bridgehead atoms. The second kappa shape index (κ2) is 14.0. The van der Waals surface area contributed by atoms with Crippen LogP contribution in [0.3, 0.4) is 0 Å². The van der Waals surface area contributed by atoms with Crippen molar-refractivity contribution in [2.45, 2.75) is 6.61 Å². The van der Waals surface area contributed by atoms with E-state index < -0.39 is 0 Å². The summed E-state index contributed by atoms with van der Waals surface area (Å²) < 4.78 is 27.2. The van der Waals surface area contributed by atoms with Crippen LogP contribution in [-0.4, -0.2) is 58.0 Å². The molecule has 0 saturated heterocycles. The van der Waals surface area contributed by atoms with Crippen molar-refractivity contribution in [3.05, 3.63) is 60.2 Å². The van der Waals surface area contributed by atoms with Crippen LogP contribution in [0.15, 0.2) is 54.6 Å². The molecule has 1 N–H and O–H groups in total. The molecule has 6 heteroatoms. The first-order valence-electron chi connectivity index (χ1n) is 9.12. The van der Waals surface area contributed by atoms with Gasteiger partial charge in [-0.15, -0.1) is 0 Å². The van der Waals surface area contributed by atoms with Crippen LogP contribution in [0.1, 0.15) is 5.56 Å². The van der Waals surface area contributed by atoms with Crippen molar-refractivity contribution in [1.82, 2.24) is 0 Å². The molecule has 2 aromatic rings. The summed E-state index contributed by atoms with van der Waals surface area (Å²) >= 11 is 0. The predicted octanol–water partition coefficient (Wildman–Crippen LogP) is 2.69. The third-order valence-corrected chi connectivity index (χ3v) is 3.55. The average molecular weight is 376 g/mol. The van der Waals surface area contributed by atoms with Crippen molar-refractivity contribution in [2.75, 3.05) is 52.9 Å². The van der Waals surface area contributed by atoms with Crippen molar-refractivity contribution in [1.29, 1.82) is 0 Å². The maximum Gasteiger partial charge on any atom is 0.120 e. The van der Waals surface area contributed by atoms with Crippen LogP contribution >= 0.6 is 0 Å². The van der Waals surface area contributed by atoms with Crippen molar-refractivity contribution in [2.24, 2.45) is 0 Å². The second-order valence-corrected chi connectivity index (χ2v) is 5.65. The maximum atomic E-state index is 8.55. The minimum absolute atomic E-state index is 0.0343. The minimum atomic E-state index is 0.0343. The first kappa shape index (κ1) is 21.2. The van der Waals surface area contributed by atoms with Crippen molar-refractivity contribution in [3.8, 4) is 11.5 Å². The summed E-state index contributed by atoms with van der Waals surface area (Å²) in [6.07, 6.45) is 0. The number of aliphatic hydroxyl groups is 1. The summed E-state index contributed by atoms with van der Waals surface area (Å²) in [4.78, 5) is 0. The standard InChI is InChI=1S/C21H28O6/c22-10-11-23-12-13-24-14-15-25-16-17-26-20-6-8-21(9-7-20)27-18-19-4-2-1-3-5-19/h1-9,22H,10-18H2. The highest BCUT2D eigenvalue weighted by Gasteiger charge is 1.98. The van der Waals surface area contributed by atoms with Gasteiger partial charge in [0.05, 0.1) is 46.2 Å². The average Bonchev–Trinajstić information content (AvgIpc) is 2.72. The normalized spacial score (nSPS) is 10.7. The minimum Gasteiger partial charge on any atom is -0.491 e. The molecule has 0 unspecified atom stereocenters. The topological polar surface area (TPSA) is 66.4 Å². The predicted molar refractivity (Wildman–Crippen MR) is 102 cm³/mol. The zero-order valence-corrected chi connectivity index (χ0v) is 15.5. The molecule has 0 aliphatic heterocycles. The van der Waals surface area contributed by atoms with E-state index in [1.54, 1.807) is 0 Å². The molecular weight excluding hydrogens is 348 g/mol. The highest BCUT2D eigenvalue weighted by molar-refractivity contribution is 5.31. The Bertz CT molecular complexity index is 587. The van der Waals surface area contributed by atoms with Crippen LogP contribution in [0, 0.1) is 0 Å². The zero-order chi connectivity index (χ0) is 19.0. The number of ether oxygens (including phenoxy) is 5. The third-order valence-electron chi connectivity index (χ3n) is 3.55. The molecule has 0 fully saturated rings. The number of hydrogen-bond acceptors (Lipinski definition) is 6. The summed E-state index contributed by atoms with van der Waals surface area (Å²) in [6, 6.07) is 17.6. The molecule has 0 aromatic heterocycles. The first-order valence-corrected chi connectivity index (χ1v) is 9.12. The maximum absolute atomic E-state index is 8.55. The molecule has 0 aliphatic carbocycles. The number of hydrogen-bond donors (Lipinski definition) is 1. The van der Waals surface area contributed by atoms with Crippen LogP contribution in [0.5, 0.6) is 11.5 Å². The summed E-state index contributed by atoms with van der Waals surface area (Å²) in [5, 5.41) is 8.55. The Hall–Kier alpha value is -2.12. The molecule has 0 spiro atoms. The Kier molecular flexibility index (Phi) is 11.0. The van der Waals surface area contributed by atoms with Gasteiger partial charge in [-0.2, -0.15) is 0 Å². The van der Waals surface area contributed by atoms with Crippen molar-refractivity contribution < 1.29 is 28.8 Å². The summed E-state index contributed by atoms with van der Waals surface area (Å²) in [5.74, 6) is 1.59. The Morgan fingerprint density at radius 1 is 0.556 bits per heavy atom. The number of aliphatic hydroxyl groups excluding tert-OH is 1. The van der Waals surface area contributed by atoms with Gasteiger partial charge in [0.1, 0.15) is 24.7 Å². The third kappa shape index (κ3) is 9.96. The van der Waals surface area contributed by atoms with Gasteiger partial charge in [0.25, 0.3) is 0 Å². The van der Waals surface area contributed by atoms with E-state index in [0.717, 1.165) is 17.1 Å². The monoisotopic (exact) mass is 376 g/mol. The van der Waals surface area contributed by atoms with Crippen molar-refractivity contribution >= 4 is 0 Å². The summed E-state index contributed by atoms with van der Waals surface area (Å²) in [6.45, 7) is 3.90. The lowest BCUT2D eigenvalue weighted by molar-refractivity contribution is 0.00361. The molecule has 6 nitrogen and oxygen atoms in total. The van der Waals surface area contributed by atoms with E-state index >= 15 is 0 Å². The summed E-state index contributed by atoms with van der Waals surface area (Å²) in [5.41, 5.74) is 1.14. The molecule has 2 rings (SSSR count). The van der Waals surface area contributed by atoms with E-state index in [0.29, 0.717) is 52.9 Å². The Morgan fingerprint density at radius 2 is 1.07 bits per heavy atom. The quantitative estimate of drug-likeness (QED) is 0.482. The van der Waals surface area contributed by atoms with Crippen molar-refractivity contribution in [3.63, 3.8) is 0 Å². The van der Waals surface area contributed by atoms with Gasteiger partial charge in [-0.05, 0) is 29.8 Å². The lowest BCUT2D eigenvalue weighted by Crippen LogP contribution is -2.13. The van der Waals surface area contributed by atoms with Crippen LogP contribution in [0.2, 0.25) is 0 Å². The molecular formula is C21H28O6. The van der Waals surface area contributed by atoms with Gasteiger partial charge in [-0.25, -0.2) is 0 Å². The second-order valence-electron chi connectivity index (χ2n) is 5.65. The van der Waals surface area contributed by atoms with Gasteiger partial charge >= 0.3 is 0 Å². The fraction of sp³-hybridized carbons (Fsp3) is 0.429. The van der Waals surface area contributed by atoms with E-state index in [1.165, 1.54) is 0 Å². The molecule has 0 atom stereocenters. The molecule has 0 radical (unpaired) electrons. The van der Waals surface area contributed by atoms with Gasteiger partial charge < -0.3 is 28.8 Å². The van der Waals surface area contributed by atoms with Crippen LogP contribution in [0.25, 0.3) is 0 Å². The molecule has 0 aliphatic rings. The highest BCUT2D eigenvalue weighted by Crippen LogP contribution is 2.18. The van der Waals surface area contributed by atoms with E-state index in [2.05, 4.69) is 0 Å². The SMILES string of the molecule is OCCOCCOCCOCCOc1ccc(OCc2ccccc2)cc1. The van der Waals surface area contributed by atoms with Crippen LogP contribution in [0.4, 0.5) is 0 Å². The van der Waals surface area contributed by atoms with Gasteiger partial charge in [0, 0.05) is 0 Å². The fourth-order valence-corrected chi connectivity index (χ4v) is 2.20. The molecule has 0 heterocycles. The smallest absolute Gasteiger partial charge is 0.120 e. The van der Waals surface area contributed by atoms with E-state index in [4.69, 9.17) is 28.8 Å². The zero-order valence-electron chi connectivity index (χ0n) is 15.5. The number of benzene rings is 2. The molecule has 0 saturated carbocycles. The lowest BCUT2D eigenvalue weighted by atomic mass is 10.2. The fourth-order valence-electron chi connectivity index (χ4n) is 2.20. The lowest BCUT2D eigenvalue weighted by Gasteiger charge is -2.09. The molecule has 148 valence electrons. The summed E-state index contributed by atoms with van der Waals surface area (Å²) in [7, 11) is 0. The molecule has 2 aromatic carbocycles. The van der Waals surface area contributed by atoms with E-state index in [9.17, 15) is 0 Å². The van der Waals surface area contributed by atoms with Gasteiger partial charge in [0.15, 0.2) is 0 Å². The molecule has 27 heavy (non-hydrogen) atoms. The van der Waals surface area contributed by atoms with Crippen LogP contribution in [-0.2, 0) is 20.8 Å². The number of rotatable bonds is 15. The van der Waals surface area contributed by atoms with Gasteiger partial charge in [0.2, 0.25) is 0 Å². The highest BCUT2D eigenvalue weighted by atomic mass is 16.6. The van der Waals surface area contributed by atoms with Gasteiger partial charge in [-0.1, -0.05) is 30.3 Å². The molecule has 0 amide bonds. The largest absolute Gasteiger partial charge is 0.491 e. The van der Waals surface area contributed by atoms with Gasteiger partial charge in [-0.3, -0.25) is 0 Å². The van der Waals surface area contributed by atoms with Crippen LogP contribution < -0.4 is 9.47 Å². The first-order chi connectivity index (χ1) is 13.4. The Labute approximate surface area is 160 Å². The Balaban J connectivity index is 1.48. The van der Waals surface area contributed by atoms with E-state index in [-0.39, 0.29) is 6.61 Å². The van der Waals surface area contributed by atoms with E-state index in [1.807, 2.05) is 54.6 Å².